The Bertz CT molecular complexity index is 888. The molecular formula is C21H22N2O6. The van der Waals surface area contributed by atoms with Crippen LogP contribution in [0.3, 0.4) is 0 Å². The molecule has 0 spiro atoms. The normalized spacial score (nSPS) is 13.7. The quantitative estimate of drug-likeness (QED) is 0.797. The van der Waals surface area contributed by atoms with Gasteiger partial charge in [0, 0.05) is 37.3 Å². The highest BCUT2D eigenvalue weighted by Gasteiger charge is 2.25. The van der Waals surface area contributed by atoms with Gasteiger partial charge in [0.25, 0.3) is 11.8 Å². The predicted molar refractivity (Wildman–Crippen MR) is 104 cm³/mol. The van der Waals surface area contributed by atoms with Gasteiger partial charge in [0.15, 0.2) is 6.61 Å². The highest BCUT2D eigenvalue weighted by molar-refractivity contribution is 5.96. The van der Waals surface area contributed by atoms with Crippen LogP contribution in [-0.2, 0) is 4.79 Å². The summed E-state index contributed by atoms with van der Waals surface area (Å²) in [6, 6.07) is 13.4. The topological polar surface area (TPSA) is 96.4 Å². The van der Waals surface area contributed by atoms with Crippen molar-refractivity contribution in [1.82, 2.24) is 9.80 Å². The largest absolute Gasteiger partial charge is 0.497 e. The Morgan fingerprint density at radius 1 is 0.862 bits per heavy atom. The molecule has 0 radical (unpaired) electrons. The van der Waals surface area contributed by atoms with E-state index in [0.717, 1.165) is 0 Å². The number of methoxy groups -OCH3 is 1. The fraction of sp³-hybridized carbons (Fsp3) is 0.286. The predicted octanol–water partition coefficient (Wildman–Crippen LogP) is 1.76. The molecule has 1 saturated heterocycles. The van der Waals surface area contributed by atoms with E-state index in [9.17, 15) is 14.4 Å². The Hall–Kier alpha value is -3.55. The summed E-state index contributed by atoms with van der Waals surface area (Å²) >= 11 is 0. The van der Waals surface area contributed by atoms with Crippen molar-refractivity contribution in [3.8, 4) is 11.5 Å². The van der Waals surface area contributed by atoms with Crippen molar-refractivity contribution in [3.05, 3.63) is 59.7 Å². The molecule has 0 unspecified atom stereocenters. The minimum Gasteiger partial charge on any atom is -0.497 e. The highest BCUT2D eigenvalue weighted by atomic mass is 16.5. The second-order valence-corrected chi connectivity index (χ2v) is 6.52. The number of rotatable bonds is 6. The SMILES string of the molecule is COc1ccc(C(=O)N2CCN(C(=O)c3cccc(OCC(=O)O)c3)CC2)cc1. The van der Waals surface area contributed by atoms with Crippen LogP contribution >= 0.6 is 0 Å². The van der Waals surface area contributed by atoms with Crippen molar-refractivity contribution in [1.29, 1.82) is 0 Å². The van der Waals surface area contributed by atoms with E-state index in [1.54, 1.807) is 59.4 Å². The van der Waals surface area contributed by atoms with Gasteiger partial charge in [-0.25, -0.2) is 4.79 Å². The van der Waals surface area contributed by atoms with Gasteiger partial charge in [-0.2, -0.15) is 0 Å². The maximum Gasteiger partial charge on any atom is 0.341 e. The molecule has 152 valence electrons. The van der Waals surface area contributed by atoms with E-state index in [0.29, 0.717) is 48.8 Å². The first-order chi connectivity index (χ1) is 14.0. The third-order valence-electron chi connectivity index (χ3n) is 4.63. The lowest BCUT2D eigenvalue weighted by Crippen LogP contribution is -2.50. The van der Waals surface area contributed by atoms with Gasteiger partial charge in [-0.3, -0.25) is 9.59 Å². The molecule has 0 bridgehead atoms. The Morgan fingerprint density at radius 2 is 1.45 bits per heavy atom. The lowest BCUT2D eigenvalue weighted by molar-refractivity contribution is -0.139. The molecular weight excluding hydrogens is 376 g/mol. The molecule has 1 N–H and O–H groups in total. The molecule has 1 aliphatic heterocycles. The summed E-state index contributed by atoms with van der Waals surface area (Å²) in [6.07, 6.45) is 0. The number of aliphatic carboxylic acids is 1. The van der Waals surface area contributed by atoms with Crippen LogP contribution in [0.25, 0.3) is 0 Å². The number of carboxylic acids is 1. The van der Waals surface area contributed by atoms with Gasteiger partial charge < -0.3 is 24.4 Å². The zero-order chi connectivity index (χ0) is 20.8. The molecule has 3 rings (SSSR count). The Morgan fingerprint density at radius 3 is 2.00 bits per heavy atom. The smallest absolute Gasteiger partial charge is 0.341 e. The molecule has 1 fully saturated rings. The molecule has 1 aliphatic rings. The first kappa shape index (κ1) is 20.2. The van der Waals surface area contributed by atoms with Crippen LogP contribution in [0, 0.1) is 0 Å². The minimum absolute atomic E-state index is 0.0798. The van der Waals surface area contributed by atoms with Crippen molar-refractivity contribution in [3.63, 3.8) is 0 Å². The van der Waals surface area contributed by atoms with Crippen LogP contribution in [0.1, 0.15) is 20.7 Å². The van der Waals surface area contributed by atoms with E-state index in [1.807, 2.05) is 0 Å². The molecule has 8 nitrogen and oxygen atoms in total. The number of piperazine rings is 1. The third kappa shape index (κ3) is 5.04. The molecule has 0 aliphatic carbocycles. The first-order valence-corrected chi connectivity index (χ1v) is 9.15. The van der Waals surface area contributed by atoms with E-state index in [-0.39, 0.29) is 11.8 Å². The van der Waals surface area contributed by atoms with Crippen LogP contribution in [0.5, 0.6) is 11.5 Å². The number of carbonyl (C=O) groups excluding carboxylic acids is 2. The van der Waals surface area contributed by atoms with Crippen molar-refractivity contribution < 1.29 is 29.0 Å². The molecule has 1 heterocycles. The number of hydrogen-bond acceptors (Lipinski definition) is 5. The second kappa shape index (κ2) is 9.09. The third-order valence-corrected chi connectivity index (χ3v) is 4.63. The van der Waals surface area contributed by atoms with Crippen LogP contribution in [-0.4, -0.2) is 72.6 Å². The summed E-state index contributed by atoms with van der Waals surface area (Å²) in [5.74, 6) is -0.330. The summed E-state index contributed by atoms with van der Waals surface area (Å²) < 4.78 is 10.2. The molecule has 8 heteroatoms. The number of amides is 2. The van der Waals surface area contributed by atoms with Crippen LogP contribution in [0.2, 0.25) is 0 Å². The first-order valence-electron chi connectivity index (χ1n) is 9.15. The Balaban J connectivity index is 1.58. The van der Waals surface area contributed by atoms with Gasteiger partial charge in [-0.05, 0) is 42.5 Å². The molecule has 2 aromatic rings. The summed E-state index contributed by atoms with van der Waals surface area (Å²) in [7, 11) is 1.57. The van der Waals surface area contributed by atoms with Crippen LogP contribution < -0.4 is 9.47 Å². The second-order valence-electron chi connectivity index (χ2n) is 6.52. The van der Waals surface area contributed by atoms with Gasteiger partial charge in [0.1, 0.15) is 11.5 Å². The Kier molecular flexibility index (Phi) is 6.33. The number of ether oxygens (including phenoxy) is 2. The van der Waals surface area contributed by atoms with Crippen molar-refractivity contribution in [2.75, 3.05) is 39.9 Å². The number of carbonyl (C=O) groups is 3. The van der Waals surface area contributed by atoms with Crippen molar-refractivity contribution in [2.45, 2.75) is 0 Å². The summed E-state index contributed by atoms with van der Waals surface area (Å²) in [6.45, 7) is 1.24. The lowest BCUT2D eigenvalue weighted by atomic mass is 10.1. The van der Waals surface area contributed by atoms with Gasteiger partial charge in [0.05, 0.1) is 7.11 Å². The van der Waals surface area contributed by atoms with Crippen LogP contribution in [0.4, 0.5) is 0 Å². The molecule has 2 aromatic carbocycles. The zero-order valence-electron chi connectivity index (χ0n) is 16.0. The monoisotopic (exact) mass is 398 g/mol. The van der Waals surface area contributed by atoms with E-state index >= 15 is 0 Å². The van der Waals surface area contributed by atoms with Gasteiger partial charge in [0.2, 0.25) is 0 Å². The summed E-state index contributed by atoms with van der Waals surface area (Å²) in [5.41, 5.74) is 0.997. The maximum absolute atomic E-state index is 12.7. The molecule has 2 amide bonds. The number of nitrogens with zero attached hydrogens (tertiary/aromatic N) is 2. The van der Waals surface area contributed by atoms with E-state index in [1.165, 1.54) is 6.07 Å². The zero-order valence-corrected chi connectivity index (χ0v) is 16.0. The van der Waals surface area contributed by atoms with E-state index < -0.39 is 12.6 Å². The standard InChI is InChI=1S/C21H22N2O6/c1-28-17-7-5-15(6-8-17)20(26)22-9-11-23(12-10-22)21(27)16-3-2-4-18(13-16)29-14-19(24)25/h2-8,13H,9-12,14H2,1H3,(H,24,25). The average molecular weight is 398 g/mol. The number of carboxylic acid groups (broad SMARTS) is 1. The van der Waals surface area contributed by atoms with Gasteiger partial charge in [-0.1, -0.05) is 6.07 Å². The molecule has 0 atom stereocenters. The molecule has 0 aromatic heterocycles. The Labute approximate surface area is 168 Å². The maximum atomic E-state index is 12.7. The molecule has 29 heavy (non-hydrogen) atoms. The summed E-state index contributed by atoms with van der Waals surface area (Å²) in [5, 5.41) is 8.70. The average Bonchev–Trinajstić information content (AvgIpc) is 2.77. The van der Waals surface area contributed by atoms with Crippen molar-refractivity contribution >= 4 is 17.8 Å². The number of hydrogen-bond donors (Lipinski definition) is 1. The fourth-order valence-electron chi connectivity index (χ4n) is 3.08. The lowest BCUT2D eigenvalue weighted by Gasteiger charge is -2.35. The minimum atomic E-state index is -1.08. The summed E-state index contributed by atoms with van der Waals surface area (Å²) in [4.78, 5) is 39.4. The number of benzene rings is 2. The van der Waals surface area contributed by atoms with Crippen molar-refractivity contribution in [2.24, 2.45) is 0 Å². The molecule has 0 saturated carbocycles. The van der Waals surface area contributed by atoms with Crippen LogP contribution in [0.15, 0.2) is 48.5 Å². The van der Waals surface area contributed by atoms with E-state index in [2.05, 4.69) is 0 Å². The van der Waals surface area contributed by atoms with E-state index in [4.69, 9.17) is 14.6 Å². The van der Waals surface area contributed by atoms with Gasteiger partial charge in [-0.15, -0.1) is 0 Å². The fourth-order valence-corrected chi connectivity index (χ4v) is 3.08. The van der Waals surface area contributed by atoms with Gasteiger partial charge >= 0.3 is 5.97 Å². The highest BCUT2D eigenvalue weighted by Crippen LogP contribution is 2.18.